The minimum absolute atomic E-state index is 0.0807. The molecule has 1 atom stereocenters. The van der Waals surface area contributed by atoms with E-state index in [1.165, 1.54) is 19.2 Å². The van der Waals surface area contributed by atoms with Gasteiger partial charge in [0, 0.05) is 18.9 Å². The number of para-hydroxylation sites is 2. The van der Waals surface area contributed by atoms with Crippen LogP contribution in [0.15, 0.2) is 24.3 Å². The molecule has 72 valence electrons. The van der Waals surface area contributed by atoms with E-state index in [9.17, 15) is 10.00 Å². The van der Waals surface area contributed by atoms with Crippen LogP contribution in [0.3, 0.4) is 0 Å². The predicted molar refractivity (Wildman–Crippen MR) is 52.2 cm³/mol. The molecule has 0 spiro atoms. The first-order valence-corrected chi connectivity index (χ1v) is 6.00. The largest absolute Gasteiger partial charge is 0.504 e. The molecule has 1 rings (SSSR count). The zero-order chi connectivity index (χ0) is 9.90. The van der Waals surface area contributed by atoms with Crippen molar-refractivity contribution in [2.24, 2.45) is 0 Å². The van der Waals surface area contributed by atoms with Gasteiger partial charge in [-0.3, -0.25) is 0 Å². The van der Waals surface area contributed by atoms with Crippen LogP contribution in [0.5, 0.6) is 11.5 Å². The maximum Gasteiger partial charge on any atom is 0.377 e. The summed E-state index contributed by atoms with van der Waals surface area (Å²) < 4.78 is 9.44. The maximum absolute atomic E-state index is 9.27. The minimum Gasteiger partial charge on any atom is -0.504 e. The second-order valence-corrected chi connectivity index (χ2v) is 5.08. The minimum atomic E-state index is -3.25. The average Bonchev–Trinajstić information content (AvgIpc) is 2.09. The molecule has 2 N–H and O–H groups in total. The average molecular weight is 220 g/mol. The Labute approximate surface area is 81.0 Å². The molecule has 0 bridgehead atoms. The van der Waals surface area contributed by atoms with Crippen LogP contribution in [0.2, 0.25) is 0 Å². The first-order chi connectivity index (χ1) is 6.05. The standard InChI is InChI=1S/C7H9O4PS/c1-10-12(9,13)11-7-5-3-2-4-6(7)8/h2-5,8H,1H3,(H,9,13). The third kappa shape index (κ3) is 2.97. The molecule has 0 amide bonds. The molecule has 1 aromatic rings. The number of phenols is 1. The Hall–Kier alpha value is -0.610. The first kappa shape index (κ1) is 10.5. The van der Waals surface area contributed by atoms with Gasteiger partial charge in [-0.25, -0.2) is 0 Å². The molecule has 0 aliphatic heterocycles. The molecule has 0 aliphatic rings. The van der Waals surface area contributed by atoms with Gasteiger partial charge in [0.1, 0.15) is 0 Å². The Balaban J connectivity index is 2.86. The van der Waals surface area contributed by atoms with Crippen LogP contribution in [0, 0.1) is 0 Å². The van der Waals surface area contributed by atoms with Crippen LogP contribution in [-0.4, -0.2) is 17.1 Å². The summed E-state index contributed by atoms with van der Waals surface area (Å²) in [5, 5.41) is 9.25. The quantitative estimate of drug-likeness (QED) is 0.758. The Morgan fingerprint density at radius 3 is 2.54 bits per heavy atom. The first-order valence-electron chi connectivity index (χ1n) is 3.41. The topological polar surface area (TPSA) is 58.9 Å². The van der Waals surface area contributed by atoms with E-state index in [1.54, 1.807) is 12.1 Å². The highest BCUT2D eigenvalue weighted by Crippen LogP contribution is 2.45. The molecular weight excluding hydrogens is 211 g/mol. The summed E-state index contributed by atoms with van der Waals surface area (Å²) in [4.78, 5) is 9.27. The molecule has 0 fully saturated rings. The normalized spacial score (nSPS) is 14.9. The van der Waals surface area contributed by atoms with Crippen LogP contribution in [0.4, 0.5) is 0 Å². The van der Waals surface area contributed by atoms with E-state index in [4.69, 9.17) is 4.52 Å². The van der Waals surface area contributed by atoms with Crippen LogP contribution in [0.1, 0.15) is 0 Å². The lowest BCUT2D eigenvalue weighted by Crippen LogP contribution is -1.93. The van der Waals surface area contributed by atoms with Gasteiger partial charge < -0.3 is 19.0 Å². The molecular formula is C7H9O4PS. The number of phenolic OH excluding ortho intramolecular Hbond substituents is 1. The lowest BCUT2D eigenvalue weighted by atomic mass is 10.3. The van der Waals surface area contributed by atoms with Crippen LogP contribution in [-0.2, 0) is 16.3 Å². The molecule has 0 heterocycles. The van der Waals surface area contributed by atoms with Crippen molar-refractivity contribution in [1.29, 1.82) is 0 Å². The second kappa shape index (κ2) is 4.07. The van der Waals surface area contributed by atoms with Gasteiger partial charge in [-0.05, 0) is 12.1 Å². The Morgan fingerprint density at radius 2 is 2.00 bits per heavy atom. The van der Waals surface area contributed by atoms with Crippen molar-refractivity contribution in [3.05, 3.63) is 24.3 Å². The van der Waals surface area contributed by atoms with E-state index in [1.807, 2.05) is 0 Å². The van der Waals surface area contributed by atoms with E-state index < -0.39 is 6.72 Å². The molecule has 1 unspecified atom stereocenters. The van der Waals surface area contributed by atoms with Crippen LogP contribution >= 0.6 is 6.72 Å². The van der Waals surface area contributed by atoms with Gasteiger partial charge in [0.25, 0.3) is 0 Å². The van der Waals surface area contributed by atoms with E-state index in [0.29, 0.717) is 0 Å². The summed E-state index contributed by atoms with van der Waals surface area (Å²) in [7, 11) is 1.25. The molecule has 13 heavy (non-hydrogen) atoms. The predicted octanol–water partition coefficient (Wildman–Crippen LogP) is 1.63. The summed E-state index contributed by atoms with van der Waals surface area (Å²) in [6.45, 7) is -3.25. The van der Waals surface area contributed by atoms with Gasteiger partial charge in [-0.1, -0.05) is 12.1 Å². The van der Waals surface area contributed by atoms with Crippen molar-refractivity contribution in [1.82, 2.24) is 0 Å². The molecule has 1 aromatic carbocycles. The Kier molecular flexibility index (Phi) is 3.27. The fraction of sp³-hybridized carbons (Fsp3) is 0.143. The SMILES string of the molecule is COP(O)(=S)Oc1ccccc1O. The second-order valence-electron chi connectivity index (χ2n) is 2.21. The zero-order valence-electron chi connectivity index (χ0n) is 6.88. The molecule has 4 nitrogen and oxygen atoms in total. The molecule has 0 saturated heterocycles. The number of benzene rings is 1. The summed E-state index contributed by atoms with van der Waals surface area (Å²) in [5.74, 6) is 0.0398. The highest BCUT2D eigenvalue weighted by molar-refractivity contribution is 8.07. The van der Waals surface area contributed by atoms with Crippen molar-refractivity contribution < 1.29 is 19.0 Å². The van der Waals surface area contributed by atoms with Gasteiger partial charge in [-0.2, -0.15) is 0 Å². The van der Waals surface area contributed by atoms with Gasteiger partial charge in [-0.15, -0.1) is 0 Å². The molecule has 6 heteroatoms. The number of aromatic hydroxyl groups is 1. The fourth-order valence-electron chi connectivity index (χ4n) is 0.696. The van der Waals surface area contributed by atoms with E-state index in [2.05, 4.69) is 16.3 Å². The summed E-state index contributed by atoms with van der Waals surface area (Å²) in [6, 6.07) is 6.21. The Bertz CT molecular complexity index is 341. The van der Waals surface area contributed by atoms with Gasteiger partial charge in [0.15, 0.2) is 11.5 Å². The van der Waals surface area contributed by atoms with Crippen LogP contribution in [0.25, 0.3) is 0 Å². The van der Waals surface area contributed by atoms with E-state index >= 15 is 0 Å². The van der Waals surface area contributed by atoms with E-state index in [-0.39, 0.29) is 11.5 Å². The lowest BCUT2D eigenvalue weighted by molar-refractivity contribution is 0.307. The highest BCUT2D eigenvalue weighted by atomic mass is 32.5. The van der Waals surface area contributed by atoms with Crippen molar-refractivity contribution in [2.45, 2.75) is 0 Å². The third-order valence-electron chi connectivity index (χ3n) is 1.31. The number of hydrogen-bond donors (Lipinski definition) is 2. The van der Waals surface area contributed by atoms with Gasteiger partial charge >= 0.3 is 6.72 Å². The smallest absolute Gasteiger partial charge is 0.377 e. The fourth-order valence-corrected chi connectivity index (χ4v) is 1.41. The number of hydrogen-bond acceptors (Lipinski definition) is 4. The monoisotopic (exact) mass is 220 g/mol. The summed E-state index contributed by atoms with van der Waals surface area (Å²) in [6.07, 6.45) is 0. The molecule has 0 aliphatic carbocycles. The van der Waals surface area contributed by atoms with Crippen molar-refractivity contribution in [3.8, 4) is 11.5 Å². The highest BCUT2D eigenvalue weighted by Gasteiger charge is 2.15. The van der Waals surface area contributed by atoms with Gasteiger partial charge in [0.2, 0.25) is 0 Å². The summed E-state index contributed by atoms with van der Waals surface area (Å²) in [5.41, 5.74) is 0. The Morgan fingerprint density at radius 1 is 1.38 bits per heavy atom. The van der Waals surface area contributed by atoms with Crippen molar-refractivity contribution in [3.63, 3.8) is 0 Å². The van der Waals surface area contributed by atoms with E-state index in [0.717, 1.165) is 0 Å². The van der Waals surface area contributed by atoms with Crippen molar-refractivity contribution in [2.75, 3.05) is 7.11 Å². The number of rotatable bonds is 3. The summed E-state index contributed by atoms with van der Waals surface area (Å²) >= 11 is 4.60. The lowest BCUT2D eigenvalue weighted by Gasteiger charge is -2.14. The maximum atomic E-state index is 9.27. The molecule has 0 aromatic heterocycles. The molecule has 0 radical (unpaired) electrons. The zero-order valence-corrected chi connectivity index (χ0v) is 8.59. The third-order valence-corrected chi connectivity index (χ3v) is 2.87. The molecule has 0 saturated carbocycles. The van der Waals surface area contributed by atoms with Crippen LogP contribution < -0.4 is 4.52 Å². The van der Waals surface area contributed by atoms with Crippen molar-refractivity contribution >= 4 is 18.5 Å². The van der Waals surface area contributed by atoms with Gasteiger partial charge in [0.05, 0.1) is 0 Å².